The molecule has 10 unspecified atom stereocenters. The third kappa shape index (κ3) is 8.11. The molecule has 12 atom stereocenters. The molecule has 21 nitrogen and oxygen atoms in total. The SMILES string of the molecule is CCC(=O)CN(C)C1C(C)OC(O[C@H]2c3cc(C)c(C(=O)NC(C)C(=O)O)c(O)c3-c3c(cc4c(c3O)C(=O)c3cc(OC)cc(O)c3C4=O)[C@@H]2O)C(O)C1OC1OCC(O)C(O)C1O. The maximum atomic E-state index is 14.2. The number of nitrogens with one attached hydrogen (secondary N) is 1. The number of rotatable bonds is 12. The largest absolute Gasteiger partial charge is 0.507 e. The molecule has 7 rings (SSSR count). The second-order valence-corrected chi connectivity index (χ2v) is 16.6. The Morgan fingerprint density at radius 1 is 0.862 bits per heavy atom. The molecular weight excluding hydrogens is 860 g/mol. The minimum Gasteiger partial charge on any atom is -0.507 e. The predicted octanol–water partition coefficient (Wildman–Crippen LogP) is 0.0798. The van der Waals surface area contributed by atoms with E-state index < -0.39 is 154 Å². The molecule has 0 aromatic heterocycles. The number of fused-ring (bicyclic) bond motifs is 5. The Labute approximate surface area is 370 Å². The second-order valence-electron chi connectivity index (χ2n) is 16.6. The number of Topliss-reactive ketones (excluding diaryl/α,β-unsaturated/α-hetero) is 1. The summed E-state index contributed by atoms with van der Waals surface area (Å²) < 4.78 is 29.4. The molecule has 3 aromatic carbocycles. The fourth-order valence-corrected chi connectivity index (χ4v) is 8.98. The number of carbonyl (C=O) groups is 5. The second kappa shape index (κ2) is 18.0. The molecular formula is C44H50N2O19. The summed E-state index contributed by atoms with van der Waals surface area (Å²) in [5.74, 6) is -6.97. The number of aliphatic carboxylic acids is 1. The number of aryl methyl sites for hydroxylation is 1. The summed E-state index contributed by atoms with van der Waals surface area (Å²) in [6, 6.07) is 2.20. The lowest BCUT2D eigenvalue weighted by Crippen LogP contribution is -2.66. The molecule has 0 radical (unpaired) electrons. The van der Waals surface area contributed by atoms with Crippen LogP contribution in [0.5, 0.6) is 23.0 Å². The quantitative estimate of drug-likeness (QED) is 0.0900. The Kier molecular flexibility index (Phi) is 13.1. The molecule has 10 N–H and O–H groups in total. The van der Waals surface area contributed by atoms with Gasteiger partial charge in [0, 0.05) is 34.7 Å². The van der Waals surface area contributed by atoms with Crippen LogP contribution in [0.4, 0.5) is 0 Å². The molecule has 2 saturated heterocycles. The van der Waals surface area contributed by atoms with Crippen LogP contribution in [0.15, 0.2) is 24.3 Å². The summed E-state index contributed by atoms with van der Waals surface area (Å²) in [6.07, 6.45) is -16.2. The van der Waals surface area contributed by atoms with E-state index in [1.54, 1.807) is 20.9 Å². The summed E-state index contributed by atoms with van der Waals surface area (Å²) >= 11 is 0. The predicted molar refractivity (Wildman–Crippen MR) is 220 cm³/mol. The average Bonchev–Trinajstić information content (AvgIpc) is 3.25. The maximum absolute atomic E-state index is 14.2. The van der Waals surface area contributed by atoms with Crippen LogP contribution in [-0.2, 0) is 28.5 Å². The number of carboxylic acid groups (broad SMARTS) is 1. The standard InChI is InChI=1S/C44H50N2O19/c1-7-17(47)12-46(5)30-16(4)63-44(38(57)40(30)65-43-37(56)34(53)24(49)13-62-43)64-39-22-8-14(2)25(41(58)45-15(3)42(59)60)35(54)28(22)27-20(33(39)52)11-21-29(36(27)55)32(51)19-9-18(61-6)10-23(48)26(19)31(21)50/h8-11,15-16,24,30,33-34,37-40,43-44,48-49,52-57H,7,12-13H2,1-6H3,(H,45,58)(H,59,60)/t15?,16?,24?,30?,33-,34?,37?,38?,39-,40?,43?,44?/m0/s1. The summed E-state index contributed by atoms with van der Waals surface area (Å²) in [5, 5.41) is 103. The lowest BCUT2D eigenvalue weighted by atomic mass is 9.74. The van der Waals surface area contributed by atoms with Crippen molar-refractivity contribution in [2.24, 2.45) is 0 Å². The molecule has 4 aliphatic rings. The number of aliphatic hydroxyl groups excluding tert-OH is 5. The van der Waals surface area contributed by atoms with Crippen LogP contribution in [0.3, 0.4) is 0 Å². The lowest BCUT2D eigenvalue weighted by molar-refractivity contribution is -0.345. The third-order valence-electron chi connectivity index (χ3n) is 12.4. The van der Waals surface area contributed by atoms with Crippen molar-refractivity contribution in [3.63, 3.8) is 0 Å². The number of phenolic OH excluding ortho intramolecular Hbond substituents is 3. The van der Waals surface area contributed by atoms with Crippen LogP contribution >= 0.6 is 0 Å². The number of ether oxygens (including phenoxy) is 5. The van der Waals surface area contributed by atoms with Gasteiger partial charge in [-0.25, -0.2) is 0 Å². The van der Waals surface area contributed by atoms with Crippen LogP contribution < -0.4 is 10.1 Å². The number of phenols is 3. The first-order chi connectivity index (χ1) is 30.6. The maximum Gasteiger partial charge on any atom is 0.325 e. The molecule has 0 bridgehead atoms. The van der Waals surface area contributed by atoms with E-state index in [1.807, 2.05) is 0 Å². The summed E-state index contributed by atoms with van der Waals surface area (Å²) in [5.41, 5.74) is -3.60. The molecule has 1 amide bonds. The number of aromatic hydroxyl groups is 3. The van der Waals surface area contributed by atoms with Crippen LogP contribution in [-0.4, -0.2) is 169 Å². The Hall–Kier alpha value is -5.59. The van der Waals surface area contributed by atoms with Gasteiger partial charge >= 0.3 is 5.97 Å². The number of nitrogens with zero attached hydrogens (tertiary/aromatic N) is 1. The van der Waals surface area contributed by atoms with Gasteiger partial charge in [-0.05, 0) is 56.6 Å². The minimum atomic E-state index is -1.94. The van der Waals surface area contributed by atoms with Crippen molar-refractivity contribution in [3.05, 3.63) is 68.8 Å². The van der Waals surface area contributed by atoms with E-state index in [-0.39, 0.29) is 46.8 Å². The van der Waals surface area contributed by atoms with Gasteiger partial charge in [0.2, 0.25) is 0 Å². The Bertz CT molecular complexity index is 2460. The molecule has 3 aromatic rings. The number of carbonyl (C=O) groups excluding carboxylic acids is 4. The van der Waals surface area contributed by atoms with E-state index in [2.05, 4.69) is 5.32 Å². The van der Waals surface area contributed by atoms with Crippen molar-refractivity contribution in [1.82, 2.24) is 10.2 Å². The molecule has 0 saturated carbocycles. The van der Waals surface area contributed by atoms with Gasteiger partial charge in [0.05, 0.1) is 49.1 Å². The summed E-state index contributed by atoms with van der Waals surface area (Å²) in [6.45, 7) is 5.17. The normalized spacial score (nSPS) is 28.7. The van der Waals surface area contributed by atoms with Crippen LogP contribution in [0, 0.1) is 6.92 Å². The Morgan fingerprint density at radius 2 is 1.51 bits per heavy atom. The smallest absolute Gasteiger partial charge is 0.325 e. The van der Waals surface area contributed by atoms with Crippen molar-refractivity contribution >= 4 is 29.2 Å². The first kappa shape index (κ1) is 47.4. The van der Waals surface area contributed by atoms with E-state index in [4.69, 9.17) is 23.7 Å². The van der Waals surface area contributed by atoms with E-state index in [0.717, 1.165) is 12.1 Å². The van der Waals surface area contributed by atoms with Gasteiger partial charge in [-0.2, -0.15) is 0 Å². The van der Waals surface area contributed by atoms with Crippen molar-refractivity contribution in [2.45, 2.75) is 108 Å². The number of benzene rings is 3. The number of carboxylic acids is 1. The van der Waals surface area contributed by atoms with Crippen LogP contribution in [0.25, 0.3) is 11.1 Å². The average molecular weight is 911 g/mol. The number of amides is 1. The van der Waals surface area contributed by atoms with Crippen molar-refractivity contribution in [1.29, 1.82) is 0 Å². The number of hydrogen-bond acceptors (Lipinski definition) is 19. The van der Waals surface area contributed by atoms with Crippen molar-refractivity contribution in [3.8, 4) is 34.1 Å². The molecule has 2 fully saturated rings. The van der Waals surface area contributed by atoms with Gasteiger partial charge in [-0.15, -0.1) is 0 Å². The molecule has 350 valence electrons. The summed E-state index contributed by atoms with van der Waals surface area (Å²) in [7, 11) is 2.82. The number of hydrogen-bond donors (Lipinski definition) is 10. The van der Waals surface area contributed by atoms with Gasteiger partial charge in [-0.1, -0.05) is 13.0 Å². The molecule has 2 aliphatic carbocycles. The lowest BCUT2D eigenvalue weighted by Gasteiger charge is -2.49. The first-order valence-corrected chi connectivity index (χ1v) is 20.6. The number of methoxy groups -OCH3 is 1. The van der Waals surface area contributed by atoms with Gasteiger partial charge < -0.3 is 75.0 Å². The zero-order valence-electron chi connectivity index (χ0n) is 35.9. The highest BCUT2D eigenvalue weighted by Crippen LogP contribution is 2.57. The van der Waals surface area contributed by atoms with Gasteiger partial charge in [0.15, 0.2) is 24.1 Å². The van der Waals surface area contributed by atoms with E-state index in [1.165, 1.54) is 38.0 Å². The highest BCUT2D eigenvalue weighted by Gasteiger charge is 2.52. The number of ketones is 3. The minimum absolute atomic E-state index is 0.00347. The third-order valence-corrected chi connectivity index (χ3v) is 12.4. The topological polar surface area (TPSA) is 329 Å². The molecule has 2 heterocycles. The van der Waals surface area contributed by atoms with E-state index in [9.17, 15) is 69.9 Å². The molecule has 0 spiro atoms. The Balaban J connectivity index is 1.37. The first-order valence-electron chi connectivity index (χ1n) is 20.6. The number of aliphatic hydroxyl groups is 5. The zero-order valence-corrected chi connectivity index (χ0v) is 35.9. The molecule has 2 aliphatic heterocycles. The van der Waals surface area contributed by atoms with Crippen molar-refractivity contribution < 1.29 is 93.6 Å². The molecule has 21 heteroatoms. The highest BCUT2D eigenvalue weighted by molar-refractivity contribution is 6.31. The van der Waals surface area contributed by atoms with Gasteiger partial charge in [-0.3, -0.25) is 28.9 Å². The zero-order chi connectivity index (χ0) is 47.7. The Morgan fingerprint density at radius 3 is 2.15 bits per heavy atom. The van der Waals surface area contributed by atoms with Crippen molar-refractivity contribution in [2.75, 3.05) is 27.3 Å². The number of likely N-dealkylation sites (N-methyl/N-ethyl adjacent to an activating group) is 1. The fourth-order valence-electron chi connectivity index (χ4n) is 8.98. The summed E-state index contributed by atoms with van der Waals surface area (Å²) in [4.78, 5) is 67.8. The van der Waals surface area contributed by atoms with Crippen LogP contribution in [0.1, 0.15) is 98.3 Å². The monoisotopic (exact) mass is 910 g/mol. The molecule has 65 heavy (non-hydrogen) atoms. The van der Waals surface area contributed by atoms with E-state index >= 15 is 0 Å². The van der Waals surface area contributed by atoms with E-state index in [0.29, 0.717) is 0 Å². The highest BCUT2D eigenvalue weighted by atomic mass is 16.7. The fraction of sp³-hybridized carbons (Fsp3) is 0.477. The van der Waals surface area contributed by atoms with Crippen LogP contribution in [0.2, 0.25) is 0 Å². The van der Waals surface area contributed by atoms with Gasteiger partial charge in [0.25, 0.3) is 5.91 Å². The van der Waals surface area contributed by atoms with Gasteiger partial charge in [0.1, 0.15) is 77.6 Å².